The summed E-state index contributed by atoms with van der Waals surface area (Å²) in [7, 11) is 0. The summed E-state index contributed by atoms with van der Waals surface area (Å²) < 4.78 is 5.17. The second kappa shape index (κ2) is 6.21. The molecule has 1 aliphatic heterocycles. The summed E-state index contributed by atoms with van der Waals surface area (Å²) in [5.41, 5.74) is 0. The van der Waals surface area contributed by atoms with Crippen LogP contribution in [-0.4, -0.2) is 35.7 Å². The van der Waals surface area contributed by atoms with Gasteiger partial charge in [-0.15, -0.1) is 0 Å². The quantitative estimate of drug-likeness (QED) is 0.719. The van der Waals surface area contributed by atoms with Crippen LogP contribution in [0.25, 0.3) is 0 Å². The van der Waals surface area contributed by atoms with Crippen molar-refractivity contribution in [3.05, 3.63) is 0 Å². The predicted octanol–water partition coefficient (Wildman–Crippen LogP) is 0.285. The van der Waals surface area contributed by atoms with Crippen LogP contribution in [0.2, 0.25) is 0 Å². The van der Waals surface area contributed by atoms with Crippen molar-refractivity contribution < 1.29 is 19.4 Å². The zero-order valence-corrected chi connectivity index (χ0v) is 9.68. The highest BCUT2D eigenvalue weighted by molar-refractivity contribution is 5.86. The molecule has 1 aliphatic rings. The van der Waals surface area contributed by atoms with E-state index in [2.05, 4.69) is 5.32 Å². The number of rotatable bonds is 5. The predicted molar refractivity (Wildman–Crippen MR) is 57.9 cm³/mol. The number of nitriles is 1. The van der Waals surface area contributed by atoms with Crippen molar-refractivity contribution in [3.63, 3.8) is 0 Å². The summed E-state index contributed by atoms with van der Waals surface area (Å²) in [5.74, 6) is -1.96. The molecule has 0 saturated carbocycles. The van der Waals surface area contributed by atoms with E-state index < -0.39 is 29.9 Å². The third kappa shape index (κ3) is 3.71. The van der Waals surface area contributed by atoms with E-state index in [1.807, 2.05) is 6.07 Å². The third-order valence-corrected chi connectivity index (χ3v) is 2.77. The average Bonchev–Trinajstić information content (AvgIpc) is 2.78. The Morgan fingerprint density at radius 1 is 1.65 bits per heavy atom. The molecule has 0 aromatic heterocycles. The molecule has 0 bridgehead atoms. The van der Waals surface area contributed by atoms with Gasteiger partial charge >= 0.3 is 5.97 Å². The lowest BCUT2D eigenvalue weighted by Gasteiger charge is -2.21. The number of nitrogens with zero attached hydrogens (tertiary/aromatic N) is 1. The van der Waals surface area contributed by atoms with Gasteiger partial charge in [0.05, 0.1) is 6.07 Å². The lowest BCUT2D eigenvalue weighted by molar-refractivity contribution is -0.145. The van der Waals surface area contributed by atoms with Gasteiger partial charge in [0.15, 0.2) is 0 Å². The Kier molecular flexibility index (Phi) is 4.91. The van der Waals surface area contributed by atoms with E-state index in [0.717, 1.165) is 6.42 Å². The van der Waals surface area contributed by atoms with Gasteiger partial charge in [-0.3, -0.25) is 4.79 Å². The van der Waals surface area contributed by atoms with E-state index in [1.54, 1.807) is 6.92 Å². The molecule has 0 radical (unpaired) electrons. The molecule has 94 valence electrons. The van der Waals surface area contributed by atoms with E-state index in [1.165, 1.54) is 0 Å². The summed E-state index contributed by atoms with van der Waals surface area (Å²) in [6.45, 7) is 2.15. The van der Waals surface area contributed by atoms with Crippen molar-refractivity contribution in [2.75, 3.05) is 6.61 Å². The molecule has 6 nitrogen and oxygen atoms in total. The molecule has 6 heteroatoms. The third-order valence-electron chi connectivity index (χ3n) is 2.77. The maximum atomic E-state index is 11.7. The van der Waals surface area contributed by atoms with Crippen LogP contribution in [-0.2, 0) is 14.3 Å². The monoisotopic (exact) mass is 240 g/mol. The second-order valence-electron chi connectivity index (χ2n) is 4.17. The fourth-order valence-corrected chi connectivity index (χ4v) is 1.74. The summed E-state index contributed by atoms with van der Waals surface area (Å²) in [6, 6.07) is 0.864. The standard InChI is InChI=1S/C11H16N2O4/c1-7(4-5-12)9(11(15)16)13-10(14)8-3-2-6-17-8/h7-9H,2-4,6H2,1H3,(H,13,14)(H,15,16)/t7-,8-,9+/m1/s1. The maximum absolute atomic E-state index is 11.7. The number of amides is 1. The molecular weight excluding hydrogens is 224 g/mol. The average molecular weight is 240 g/mol. The molecule has 1 fully saturated rings. The van der Waals surface area contributed by atoms with Crippen LogP contribution in [0.1, 0.15) is 26.2 Å². The van der Waals surface area contributed by atoms with Gasteiger partial charge in [0.25, 0.3) is 0 Å². The maximum Gasteiger partial charge on any atom is 0.326 e. The second-order valence-corrected chi connectivity index (χ2v) is 4.17. The van der Waals surface area contributed by atoms with Crippen molar-refractivity contribution in [1.29, 1.82) is 5.26 Å². The summed E-state index contributed by atoms with van der Waals surface area (Å²) in [5, 5.41) is 20.0. The Morgan fingerprint density at radius 2 is 2.35 bits per heavy atom. The van der Waals surface area contributed by atoms with Crippen LogP contribution < -0.4 is 5.32 Å². The largest absolute Gasteiger partial charge is 0.480 e. The van der Waals surface area contributed by atoms with E-state index in [0.29, 0.717) is 13.0 Å². The van der Waals surface area contributed by atoms with Crippen molar-refractivity contribution in [1.82, 2.24) is 5.32 Å². The first-order valence-corrected chi connectivity index (χ1v) is 5.58. The fourth-order valence-electron chi connectivity index (χ4n) is 1.74. The van der Waals surface area contributed by atoms with E-state index in [-0.39, 0.29) is 6.42 Å². The Morgan fingerprint density at radius 3 is 2.82 bits per heavy atom. The van der Waals surface area contributed by atoms with Crippen molar-refractivity contribution >= 4 is 11.9 Å². The smallest absolute Gasteiger partial charge is 0.326 e. The van der Waals surface area contributed by atoms with Gasteiger partial charge in [-0.2, -0.15) is 5.26 Å². The van der Waals surface area contributed by atoms with Crippen LogP contribution in [0.4, 0.5) is 0 Å². The zero-order valence-electron chi connectivity index (χ0n) is 9.68. The molecule has 0 unspecified atom stereocenters. The molecule has 17 heavy (non-hydrogen) atoms. The molecule has 1 heterocycles. The first-order valence-electron chi connectivity index (χ1n) is 5.58. The molecule has 0 aliphatic carbocycles. The van der Waals surface area contributed by atoms with Crippen molar-refractivity contribution in [3.8, 4) is 6.07 Å². The molecule has 0 aromatic rings. The van der Waals surface area contributed by atoms with Gasteiger partial charge in [0.2, 0.25) is 5.91 Å². The minimum Gasteiger partial charge on any atom is -0.480 e. The molecular formula is C11H16N2O4. The summed E-state index contributed by atoms with van der Waals surface area (Å²) in [4.78, 5) is 22.7. The number of carboxylic acid groups (broad SMARTS) is 1. The van der Waals surface area contributed by atoms with Gasteiger partial charge in [0, 0.05) is 18.9 Å². The normalized spacial score (nSPS) is 22.5. The first kappa shape index (κ1) is 13.5. The van der Waals surface area contributed by atoms with Crippen LogP contribution in [0.3, 0.4) is 0 Å². The van der Waals surface area contributed by atoms with E-state index >= 15 is 0 Å². The van der Waals surface area contributed by atoms with Gasteiger partial charge in [-0.25, -0.2) is 4.79 Å². The Bertz CT molecular complexity index is 331. The number of nitrogens with one attached hydrogen (secondary N) is 1. The molecule has 1 amide bonds. The van der Waals surface area contributed by atoms with Gasteiger partial charge < -0.3 is 15.2 Å². The van der Waals surface area contributed by atoms with Crippen LogP contribution in [0.5, 0.6) is 0 Å². The number of carbonyl (C=O) groups excluding carboxylic acids is 1. The Balaban J connectivity index is 2.57. The van der Waals surface area contributed by atoms with Gasteiger partial charge in [-0.1, -0.05) is 6.92 Å². The lowest BCUT2D eigenvalue weighted by Crippen LogP contribution is -2.48. The highest BCUT2D eigenvalue weighted by atomic mass is 16.5. The number of hydrogen-bond acceptors (Lipinski definition) is 4. The van der Waals surface area contributed by atoms with Crippen LogP contribution in [0.15, 0.2) is 0 Å². The summed E-state index contributed by atoms with van der Waals surface area (Å²) in [6.07, 6.45) is 0.961. The van der Waals surface area contributed by atoms with Crippen LogP contribution >= 0.6 is 0 Å². The molecule has 2 N–H and O–H groups in total. The summed E-state index contributed by atoms with van der Waals surface area (Å²) >= 11 is 0. The molecule has 0 spiro atoms. The number of ether oxygens (including phenoxy) is 1. The molecule has 0 aromatic carbocycles. The topological polar surface area (TPSA) is 99.4 Å². The Hall–Kier alpha value is -1.61. The minimum atomic E-state index is -1.13. The molecule has 1 rings (SSSR count). The number of carbonyl (C=O) groups is 2. The highest BCUT2D eigenvalue weighted by Gasteiger charge is 2.31. The number of aliphatic carboxylic acids is 1. The van der Waals surface area contributed by atoms with Crippen LogP contribution in [0, 0.1) is 17.2 Å². The molecule has 1 saturated heterocycles. The van der Waals surface area contributed by atoms with Gasteiger partial charge in [-0.05, 0) is 12.8 Å². The van der Waals surface area contributed by atoms with Crippen molar-refractivity contribution in [2.24, 2.45) is 5.92 Å². The SMILES string of the molecule is C[C@H](CC#N)[C@H](NC(=O)[C@H]1CCCO1)C(=O)O. The van der Waals surface area contributed by atoms with E-state index in [4.69, 9.17) is 15.1 Å². The molecule has 3 atom stereocenters. The Labute approximate surface area is 99.6 Å². The first-order chi connectivity index (χ1) is 8.06. The minimum absolute atomic E-state index is 0.0861. The lowest BCUT2D eigenvalue weighted by atomic mass is 9.98. The van der Waals surface area contributed by atoms with Gasteiger partial charge in [0.1, 0.15) is 12.1 Å². The van der Waals surface area contributed by atoms with Crippen molar-refractivity contribution in [2.45, 2.75) is 38.3 Å². The fraction of sp³-hybridized carbons (Fsp3) is 0.727. The van der Waals surface area contributed by atoms with E-state index in [9.17, 15) is 9.59 Å². The number of carboxylic acids is 1. The number of hydrogen-bond donors (Lipinski definition) is 2. The highest BCUT2D eigenvalue weighted by Crippen LogP contribution is 2.14. The zero-order chi connectivity index (χ0) is 12.8.